The van der Waals surface area contributed by atoms with Gasteiger partial charge in [0.15, 0.2) is 0 Å². The molecule has 0 amide bonds. The third-order valence-electron chi connectivity index (χ3n) is 3.75. The highest BCUT2D eigenvalue weighted by atomic mass is 35.5. The van der Waals surface area contributed by atoms with Crippen LogP contribution in [0.2, 0.25) is 10.0 Å². The van der Waals surface area contributed by atoms with Crippen molar-refractivity contribution in [2.75, 3.05) is 0 Å². The summed E-state index contributed by atoms with van der Waals surface area (Å²) < 4.78 is 2.13. The van der Waals surface area contributed by atoms with Crippen LogP contribution in [0.25, 0.3) is 0 Å². The van der Waals surface area contributed by atoms with Crippen LogP contribution in [0.3, 0.4) is 0 Å². The molecule has 0 N–H and O–H groups in total. The lowest BCUT2D eigenvalue weighted by atomic mass is 10.1. The normalized spacial score (nSPS) is 12.2. The zero-order valence-corrected chi connectivity index (χ0v) is 15.4. The van der Waals surface area contributed by atoms with E-state index in [-0.39, 0.29) is 0 Å². The van der Waals surface area contributed by atoms with E-state index in [2.05, 4.69) is 39.9 Å². The minimum absolute atomic E-state index is 0.455. The molecule has 1 aromatic heterocycles. The van der Waals surface area contributed by atoms with Gasteiger partial charge < -0.3 is 4.57 Å². The number of benzene rings is 2. The van der Waals surface area contributed by atoms with Crippen molar-refractivity contribution >= 4 is 35.0 Å². The second kappa shape index (κ2) is 8.61. The first-order valence-electron chi connectivity index (χ1n) is 7.76. The highest BCUT2D eigenvalue weighted by Crippen LogP contribution is 2.27. The van der Waals surface area contributed by atoms with Crippen molar-refractivity contribution in [2.45, 2.75) is 24.0 Å². The Kier molecular flexibility index (Phi) is 6.24. The molecule has 2 nitrogen and oxygen atoms in total. The molecular weight excluding hydrogens is 359 g/mol. The number of hydrogen-bond acceptors (Lipinski definition) is 2. The number of aromatic nitrogens is 2. The van der Waals surface area contributed by atoms with Crippen molar-refractivity contribution < 1.29 is 0 Å². The van der Waals surface area contributed by atoms with E-state index in [1.165, 1.54) is 11.1 Å². The Morgan fingerprint density at radius 1 is 1.00 bits per heavy atom. The van der Waals surface area contributed by atoms with Gasteiger partial charge in [-0.3, -0.25) is 0 Å². The summed E-state index contributed by atoms with van der Waals surface area (Å²) in [5.74, 6) is 0.906. The van der Waals surface area contributed by atoms with Crippen LogP contribution < -0.4 is 0 Å². The Labute approximate surface area is 156 Å². The van der Waals surface area contributed by atoms with Gasteiger partial charge in [0.25, 0.3) is 0 Å². The van der Waals surface area contributed by atoms with E-state index in [0.29, 0.717) is 15.3 Å². The largest absolute Gasteiger partial charge is 0.336 e. The lowest BCUT2D eigenvalue weighted by Gasteiger charge is -2.17. The van der Waals surface area contributed by atoms with E-state index in [1.54, 1.807) is 0 Å². The highest BCUT2D eigenvalue weighted by molar-refractivity contribution is 7.99. The second-order valence-corrected chi connectivity index (χ2v) is 7.73. The summed E-state index contributed by atoms with van der Waals surface area (Å²) in [5.41, 5.74) is 2.54. The molecule has 0 aliphatic carbocycles. The molecule has 2 aromatic carbocycles. The molecular formula is C19H18Cl2N2S. The Hall–Kier alpha value is -1.42. The van der Waals surface area contributed by atoms with Gasteiger partial charge in [0.2, 0.25) is 0 Å². The summed E-state index contributed by atoms with van der Waals surface area (Å²) in [6.07, 6.45) is 6.73. The van der Waals surface area contributed by atoms with Gasteiger partial charge in [0, 0.05) is 29.9 Å². The van der Waals surface area contributed by atoms with Crippen LogP contribution in [-0.4, -0.2) is 14.8 Å². The fourth-order valence-electron chi connectivity index (χ4n) is 2.53. The Morgan fingerprint density at radius 3 is 2.54 bits per heavy atom. The van der Waals surface area contributed by atoms with Crippen LogP contribution in [0, 0.1) is 0 Å². The van der Waals surface area contributed by atoms with Gasteiger partial charge in [0.1, 0.15) is 0 Å². The maximum Gasteiger partial charge on any atom is 0.0946 e. The first-order valence-corrected chi connectivity index (χ1v) is 9.56. The smallest absolute Gasteiger partial charge is 0.0946 e. The Morgan fingerprint density at radius 2 is 1.83 bits per heavy atom. The fraction of sp³-hybridized carbons (Fsp3) is 0.211. The molecule has 0 aliphatic heterocycles. The van der Waals surface area contributed by atoms with Crippen LogP contribution in [0.4, 0.5) is 0 Å². The number of hydrogen-bond donors (Lipinski definition) is 0. The number of rotatable bonds is 7. The van der Waals surface area contributed by atoms with Gasteiger partial charge >= 0.3 is 0 Å². The molecule has 0 radical (unpaired) electrons. The molecule has 3 rings (SSSR count). The Balaban J connectivity index is 1.67. The van der Waals surface area contributed by atoms with E-state index in [4.69, 9.17) is 23.2 Å². The summed E-state index contributed by atoms with van der Waals surface area (Å²) in [5, 5.41) is 1.67. The molecule has 0 aliphatic rings. The molecule has 0 saturated carbocycles. The standard InChI is InChI=1S/C19H18Cl2N2S/c20-18-7-6-16(11-19(18)21)13-24-17(12-23-9-8-22-14-23)10-15-4-2-1-3-5-15/h1-9,11,14,17H,10,12-13H2. The topological polar surface area (TPSA) is 17.8 Å². The van der Waals surface area contributed by atoms with Gasteiger partial charge in [-0.25, -0.2) is 4.98 Å². The third kappa shape index (κ3) is 5.04. The first-order chi connectivity index (χ1) is 11.7. The zero-order valence-electron chi connectivity index (χ0n) is 13.1. The van der Waals surface area contributed by atoms with Crippen molar-refractivity contribution in [3.63, 3.8) is 0 Å². The second-order valence-electron chi connectivity index (χ2n) is 5.63. The highest BCUT2D eigenvalue weighted by Gasteiger charge is 2.12. The van der Waals surface area contributed by atoms with Crippen LogP contribution in [0.15, 0.2) is 67.3 Å². The molecule has 1 heterocycles. The first kappa shape index (κ1) is 17.4. The number of thioether (sulfide) groups is 1. The van der Waals surface area contributed by atoms with E-state index >= 15 is 0 Å². The minimum Gasteiger partial charge on any atom is -0.336 e. The number of halogens is 2. The van der Waals surface area contributed by atoms with Crippen molar-refractivity contribution in [3.05, 3.63) is 88.4 Å². The number of imidazole rings is 1. The predicted molar refractivity (Wildman–Crippen MR) is 104 cm³/mol. The maximum atomic E-state index is 6.12. The maximum absolute atomic E-state index is 6.12. The van der Waals surface area contributed by atoms with Crippen molar-refractivity contribution in [2.24, 2.45) is 0 Å². The van der Waals surface area contributed by atoms with E-state index in [1.807, 2.05) is 48.7 Å². The van der Waals surface area contributed by atoms with Gasteiger partial charge in [-0.15, -0.1) is 0 Å². The Bertz CT molecular complexity index is 760. The molecule has 124 valence electrons. The average Bonchev–Trinajstić information content (AvgIpc) is 3.10. The summed E-state index contributed by atoms with van der Waals surface area (Å²) in [6.45, 7) is 0.931. The van der Waals surface area contributed by atoms with Gasteiger partial charge in [0.05, 0.1) is 16.4 Å². The van der Waals surface area contributed by atoms with E-state index < -0.39 is 0 Å². The van der Waals surface area contributed by atoms with Gasteiger partial charge in [-0.2, -0.15) is 11.8 Å². The van der Waals surface area contributed by atoms with Crippen LogP contribution in [-0.2, 0) is 18.7 Å². The molecule has 24 heavy (non-hydrogen) atoms. The SMILES string of the molecule is Clc1ccc(CSC(Cc2ccccc2)Cn2ccnc2)cc1Cl. The van der Waals surface area contributed by atoms with Gasteiger partial charge in [-0.1, -0.05) is 59.6 Å². The average molecular weight is 377 g/mol. The quantitative estimate of drug-likeness (QED) is 0.523. The predicted octanol–water partition coefficient (Wildman–Crippen LogP) is 5.73. The summed E-state index contributed by atoms with van der Waals surface area (Å²) >= 11 is 14.0. The van der Waals surface area contributed by atoms with Crippen molar-refractivity contribution in [1.29, 1.82) is 0 Å². The molecule has 0 fully saturated rings. The number of nitrogens with zero attached hydrogens (tertiary/aromatic N) is 2. The van der Waals surface area contributed by atoms with Crippen molar-refractivity contribution in [3.8, 4) is 0 Å². The molecule has 0 saturated heterocycles. The molecule has 0 spiro atoms. The van der Waals surface area contributed by atoms with E-state index in [0.717, 1.165) is 18.7 Å². The monoisotopic (exact) mass is 376 g/mol. The molecule has 1 atom stereocenters. The minimum atomic E-state index is 0.455. The van der Waals surface area contributed by atoms with Crippen LogP contribution in [0.5, 0.6) is 0 Å². The molecule has 3 aromatic rings. The lowest BCUT2D eigenvalue weighted by Crippen LogP contribution is -2.15. The zero-order chi connectivity index (χ0) is 16.8. The van der Waals surface area contributed by atoms with Crippen LogP contribution >= 0.6 is 35.0 Å². The van der Waals surface area contributed by atoms with Gasteiger partial charge in [-0.05, 0) is 29.7 Å². The summed E-state index contributed by atoms with van der Waals surface area (Å²) in [7, 11) is 0. The fourth-order valence-corrected chi connectivity index (χ4v) is 4.04. The van der Waals surface area contributed by atoms with Crippen molar-refractivity contribution in [1.82, 2.24) is 9.55 Å². The molecule has 1 unspecified atom stereocenters. The van der Waals surface area contributed by atoms with E-state index in [9.17, 15) is 0 Å². The molecule has 5 heteroatoms. The summed E-state index contributed by atoms with van der Waals surface area (Å²) in [6, 6.07) is 16.5. The van der Waals surface area contributed by atoms with Crippen LogP contribution in [0.1, 0.15) is 11.1 Å². The third-order valence-corrected chi connectivity index (χ3v) is 5.78. The summed E-state index contributed by atoms with van der Waals surface area (Å²) in [4.78, 5) is 4.14. The molecule has 0 bridgehead atoms. The lowest BCUT2D eigenvalue weighted by molar-refractivity contribution is 0.656.